The van der Waals surface area contributed by atoms with E-state index >= 15 is 0 Å². The number of hydrogen-bond acceptors (Lipinski definition) is 6. The first kappa shape index (κ1) is 16.3. The van der Waals surface area contributed by atoms with Crippen molar-refractivity contribution >= 4 is 23.5 Å². The number of methoxy groups -OCH3 is 1. The lowest BCUT2D eigenvalue weighted by Crippen LogP contribution is -2.16. The maximum atomic E-state index is 12.6. The van der Waals surface area contributed by atoms with Gasteiger partial charge in [-0.2, -0.15) is 0 Å². The first-order chi connectivity index (χ1) is 10.4. The lowest BCUT2D eigenvalue weighted by Gasteiger charge is -2.09. The molecule has 0 aliphatic rings. The first-order valence-corrected chi connectivity index (χ1v) is 7.57. The number of aryl methyl sites for hydroxylation is 2. The third kappa shape index (κ3) is 2.92. The number of nitrogens with zero attached hydrogens (tertiary/aromatic N) is 3. The Labute approximate surface area is 132 Å². The number of ether oxygens (including phenoxy) is 1. The number of esters is 1. The van der Waals surface area contributed by atoms with Crippen LogP contribution in [0.25, 0.3) is 0 Å². The molecule has 8 heteroatoms. The molecule has 0 aliphatic carbocycles. The molecule has 2 heterocycles. The van der Waals surface area contributed by atoms with Gasteiger partial charge in [-0.05, 0) is 26.3 Å². The number of Topliss-reactive ketones (excluding diaryl/α,β-unsaturated/α-hetero) is 1. The molecule has 0 spiro atoms. The van der Waals surface area contributed by atoms with Gasteiger partial charge in [0.05, 0.1) is 23.6 Å². The number of ketones is 1. The van der Waals surface area contributed by atoms with E-state index in [9.17, 15) is 9.59 Å². The summed E-state index contributed by atoms with van der Waals surface area (Å²) in [6, 6.07) is 0. The molecule has 0 radical (unpaired) electrons. The molecule has 0 saturated carbocycles. The van der Waals surface area contributed by atoms with Crippen molar-refractivity contribution in [2.24, 2.45) is 7.05 Å². The number of hydrogen-bond donors (Lipinski definition) is 1. The van der Waals surface area contributed by atoms with Gasteiger partial charge in [-0.3, -0.25) is 4.79 Å². The minimum Gasteiger partial charge on any atom is -0.465 e. The number of H-pyrrole nitrogens is 1. The minimum atomic E-state index is -0.445. The zero-order valence-electron chi connectivity index (χ0n) is 13.1. The molecule has 0 aliphatic heterocycles. The Hall–Kier alpha value is -2.09. The van der Waals surface area contributed by atoms with E-state index in [1.165, 1.54) is 18.9 Å². The van der Waals surface area contributed by atoms with Crippen molar-refractivity contribution < 1.29 is 14.3 Å². The van der Waals surface area contributed by atoms with Gasteiger partial charge >= 0.3 is 5.97 Å². The van der Waals surface area contributed by atoms with Gasteiger partial charge in [-0.1, -0.05) is 11.8 Å². The number of rotatable bonds is 5. The van der Waals surface area contributed by atoms with Crippen molar-refractivity contribution in [1.82, 2.24) is 19.7 Å². The molecule has 7 nitrogen and oxygen atoms in total. The van der Waals surface area contributed by atoms with Crippen LogP contribution in [0, 0.1) is 13.8 Å². The van der Waals surface area contributed by atoms with Crippen LogP contribution in [0.3, 0.4) is 0 Å². The molecular weight excluding hydrogens is 304 g/mol. The minimum absolute atomic E-state index is 0.0937. The molecule has 2 aromatic heterocycles. The van der Waals surface area contributed by atoms with Gasteiger partial charge in [0.15, 0.2) is 10.9 Å². The Morgan fingerprint density at radius 1 is 1.41 bits per heavy atom. The van der Waals surface area contributed by atoms with Crippen LogP contribution < -0.4 is 0 Å². The average Bonchev–Trinajstić information content (AvgIpc) is 3.01. The van der Waals surface area contributed by atoms with Crippen molar-refractivity contribution in [3.8, 4) is 0 Å². The van der Waals surface area contributed by atoms with Crippen LogP contribution in [0.5, 0.6) is 0 Å². The molecule has 2 aromatic rings. The first-order valence-electron chi connectivity index (χ1n) is 6.69. The fourth-order valence-corrected chi connectivity index (χ4v) is 3.05. The number of carbonyl (C=O) groups excluding carboxylic acids is 2. The molecule has 0 fully saturated rings. The van der Waals surface area contributed by atoms with Crippen molar-refractivity contribution in [2.45, 2.75) is 31.2 Å². The Kier molecular flexibility index (Phi) is 4.70. The van der Waals surface area contributed by atoms with Gasteiger partial charge in [-0.25, -0.2) is 4.79 Å². The summed E-state index contributed by atoms with van der Waals surface area (Å²) in [5.41, 5.74) is 2.09. The highest BCUT2D eigenvalue weighted by atomic mass is 32.2. The third-order valence-electron chi connectivity index (χ3n) is 3.39. The van der Waals surface area contributed by atoms with E-state index < -0.39 is 5.97 Å². The summed E-state index contributed by atoms with van der Waals surface area (Å²) in [6.45, 7) is 5.29. The summed E-state index contributed by atoms with van der Waals surface area (Å²) in [7, 11) is 3.14. The predicted molar refractivity (Wildman–Crippen MR) is 82.3 cm³/mol. The maximum Gasteiger partial charge on any atom is 0.339 e. The second kappa shape index (κ2) is 6.35. The molecule has 22 heavy (non-hydrogen) atoms. The maximum absolute atomic E-state index is 12.6. The van der Waals surface area contributed by atoms with Crippen LogP contribution >= 0.6 is 11.8 Å². The second-order valence-electron chi connectivity index (χ2n) is 4.97. The van der Waals surface area contributed by atoms with Crippen LogP contribution in [0.4, 0.5) is 0 Å². The number of nitrogens with one attached hydrogen (secondary N) is 1. The van der Waals surface area contributed by atoms with Gasteiger partial charge in [-0.15, -0.1) is 10.2 Å². The largest absolute Gasteiger partial charge is 0.465 e. The molecule has 0 aromatic carbocycles. The zero-order chi connectivity index (χ0) is 16.4. The quantitative estimate of drug-likeness (QED) is 0.514. The zero-order valence-corrected chi connectivity index (χ0v) is 13.9. The Morgan fingerprint density at radius 3 is 2.64 bits per heavy atom. The highest BCUT2D eigenvalue weighted by molar-refractivity contribution is 8.00. The monoisotopic (exact) mass is 322 g/mol. The summed E-state index contributed by atoms with van der Waals surface area (Å²) in [6.07, 6.45) is 1.58. The van der Waals surface area contributed by atoms with Gasteiger partial charge in [0.2, 0.25) is 0 Å². The Balaban J connectivity index is 2.26. The van der Waals surface area contributed by atoms with E-state index in [0.29, 0.717) is 27.7 Å². The van der Waals surface area contributed by atoms with Crippen LogP contribution in [0.1, 0.15) is 39.0 Å². The molecule has 0 unspecified atom stereocenters. The molecule has 0 saturated heterocycles. The van der Waals surface area contributed by atoms with E-state index in [1.54, 1.807) is 31.7 Å². The highest BCUT2D eigenvalue weighted by Crippen LogP contribution is 2.26. The summed E-state index contributed by atoms with van der Waals surface area (Å²) in [5, 5.41) is 8.05. The fourth-order valence-electron chi connectivity index (χ4n) is 2.20. The van der Waals surface area contributed by atoms with Gasteiger partial charge < -0.3 is 14.3 Å². The standard InChI is InChI=1S/C14H18N4O3S/c1-7-10(13(20)21-5)8(2)16-11(7)12(19)9(3)22-14-17-15-6-18(14)4/h6,9,16H,1-5H3/t9-/m0/s1. The Morgan fingerprint density at radius 2 is 2.09 bits per heavy atom. The Bertz CT molecular complexity index is 720. The number of carbonyl (C=O) groups is 2. The van der Waals surface area contributed by atoms with E-state index in [2.05, 4.69) is 15.2 Å². The van der Waals surface area contributed by atoms with E-state index in [0.717, 1.165) is 0 Å². The van der Waals surface area contributed by atoms with Crippen LogP contribution in [-0.2, 0) is 11.8 Å². The third-order valence-corrected chi connectivity index (χ3v) is 4.54. The summed E-state index contributed by atoms with van der Waals surface area (Å²) in [5.74, 6) is -0.539. The van der Waals surface area contributed by atoms with Crippen molar-refractivity contribution in [3.63, 3.8) is 0 Å². The van der Waals surface area contributed by atoms with Crippen LogP contribution in [0.2, 0.25) is 0 Å². The second-order valence-corrected chi connectivity index (χ2v) is 6.27. The topological polar surface area (TPSA) is 89.9 Å². The molecule has 2 rings (SSSR count). The fraction of sp³-hybridized carbons (Fsp3) is 0.429. The van der Waals surface area contributed by atoms with Crippen molar-refractivity contribution in [3.05, 3.63) is 28.8 Å². The van der Waals surface area contributed by atoms with E-state index in [4.69, 9.17) is 4.74 Å². The summed E-state index contributed by atoms with van der Waals surface area (Å²) >= 11 is 1.32. The lowest BCUT2D eigenvalue weighted by molar-refractivity contribution is 0.0599. The number of aromatic amines is 1. The predicted octanol–water partition coefficient (Wildman–Crippen LogP) is 1.91. The normalized spacial score (nSPS) is 12.2. The molecule has 1 N–H and O–H groups in total. The van der Waals surface area contributed by atoms with E-state index in [1.807, 2.05) is 7.05 Å². The van der Waals surface area contributed by atoms with Crippen molar-refractivity contribution in [1.29, 1.82) is 0 Å². The number of thioether (sulfide) groups is 1. The smallest absolute Gasteiger partial charge is 0.339 e. The summed E-state index contributed by atoms with van der Waals surface area (Å²) < 4.78 is 6.51. The average molecular weight is 322 g/mol. The summed E-state index contributed by atoms with van der Waals surface area (Å²) in [4.78, 5) is 27.4. The molecule has 1 atom stereocenters. The lowest BCUT2D eigenvalue weighted by atomic mass is 10.1. The van der Waals surface area contributed by atoms with Gasteiger partial charge in [0.1, 0.15) is 6.33 Å². The van der Waals surface area contributed by atoms with Gasteiger partial charge in [0, 0.05) is 12.7 Å². The number of aromatic nitrogens is 4. The molecule has 118 valence electrons. The molecule has 0 bridgehead atoms. The van der Waals surface area contributed by atoms with Crippen molar-refractivity contribution in [2.75, 3.05) is 7.11 Å². The molecular formula is C14H18N4O3S. The van der Waals surface area contributed by atoms with Crippen LogP contribution in [-0.4, -0.2) is 43.9 Å². The highest BCUT2D eigenvalue weighted by Gasteiger charge is 2.26. The molecule has 0 amide bonds. The SMILES string of the molecule is COC(=O)c1c(C)[nH]c(C(=O)[C@H](C)Sc2nncn2C)c1C. The van der Waals surface area contributed by atoms with E-state index in [-0.39, 0.29) is 11.0 Å². The van der Waals surface area contributed by atoms with Crippen LogP contribution in [0.15, 0.2) is 11.5 Å². The van der Waals surface area contributed by atoms with Gasteiger partial charge in [0.25, 0.3) is 0 Å².